The van der Waals surface area contributed by atoms with E-state index in [1.807, 2.05) is 0 Å². The monoisotopic (exact) mass is 454 g/mol. The molecule has 0 radical (unpaired) electrons. The molecule has 11 heteroatoms. The van der Waals surface area contributed by atoms with Crippen LogP contribution in [-0.2, 0) is 24.4 Å². The van der Waals surface area contributed by atoms with Crippen LogP contribution in [0.15, 0.2) is 53.3 Å². The first-order chi connectivity index (χ1) is 14.7. The largest absolute Gasteiger partial charge is 0.573 e. The number of hydrogen-bond acceptors (Lipinski definition) is 4. The quantitative estimate of drug-likeness (QED) is 0.591. The van der Waals surface area contributed by atoms with E-state index in [2.05, 4.69) is 15.2 Å². The summed E-state index contributed by atoms with van der Waals surface area (Å²) in [4.78, 5) is 24.9. The van der Waals surface area contributed by atoms with Crippen molar-refractivity contribution in [2.45, 2.75) is 32.9 Å². The number of ether oxygens (including phenoxy) is 1. The van der Waals surface area contributed by atoms with Crippen molar-refractivity contribution in [1.29, 1.82) is 0 Å². The first-order valence-corrected chi connectivity index (χ1v) is 9.59. The van der Waals surface area contributed by atoms with Crippen LogP contribution in [0.1, 0.15) is 12.5 Å². The van der Waals surface area contributed by atoms with Gasteiger partial charge in [-0.15, -0.1) is 18.3 Å². The van der Waals surface area contributed by atoms with E-state index in [9.17, 15) is 22.8 Å². The second kappa shape index (κ2) is 9.25. The Morgan fingerprint density at radius 1 is 1.19 bits per heavy atom. The molecule has 0 saturated carbocycles. The number of carbonyl (C=O) groups is 1. The zero-order chi connectivity index (χ0) is 22.6. The number of hydrogen-bond donors (Lipinski definition) is 1. The van der Waals surface area contributed by atoms with Crippen molar-refractivity contribution < 1.29 is 22.7 Å². The van der Waals surface area contributed by atoms with Gasteiger partial charge in [0.2, 0.25) is 5.91 Å². The zero-order valence-electron chi connectivity index (χ0n) is 16.3. The van der Waals surface area contributed by atoms with Gasteiger partial charge in [0.1, 0.15) is 12.3 Å². The molecule has 164 valence electrons. The van der Waals surface area contributed by atoms with Crippen LogP contribution in [-0.4, -0.2) is 26.6 Å². The summed E-state index contributed by atoms with van der Waals surface area (Å²) in [7, 11) is 0. The van der Waals surface area contributed by atoms with E-state index in [4.69, 9.17) is 11.6 Å². The summed E-state index contributed by atoms with van der Waals surface area (Å²) in [6, 6.07) is 12.0. The Balaban J connectivity index is 1.69. The lowest BCUT2D eigenvalue weighted by atomic mass is 10.2. The third-order valence-corrected chi connectivity index (χ3v) is 4.51. The summed E-state index contributed by atoms with van der Waals surface area (Å²) >= 11 is 5.89. The van der Waals surface area contributed by atoms with Gasteiger partial charge < -0.3 is 10.1 Å². The van der Waals surface area contributed by atoms with Gasteiger partial charge in [-0.05, 0) is 48.9 Å². The standard InChI is InChI=1S/C20H18ClF3N4O3/c1-2-27-18(14-6-8-15(21)9-7-14)26-28(19(27)30)12-17(29)25-11-13-4-3-5-16(10-13)31-20(22,23)24/h3-10H,2,11-12H2,1H3,(H,25,29). The van der Waals surface area contributed by atoms with E-state index in [1.54, 1.807) is 37.3 Å². The molecule has 31 heavy (non-hydrogen) atoms. The Hall–Kier alpha value is -3.27. The van der Waals surface area contributed by atoms with E-state index in [0.717, 1.165) is 10.7 Å². The topological polar surface area (TPSA) is 78.2 Å². The van der Waals surface area contributed by atoms with Gasteiger partial charge in [0, 0.05) is 23.7 Å². The molecule has 3 aromatic rings. The Bertz CT molecular complexity index is 1120. The van der Waals surface area contributed by atoms with Crippen LogP contribution in [0, 0.1) is 0 Å². The van der Waals surface area contributed by atoms with Crippen LogP contribution in [0.25, 0.3) is 11.4 Å². The SMILES string of the molecule is CCn1c(-c2ccc(Cl)cc2)nn(CC(=O)NCc2cccc(OC(F)(F)F)c2)c1=O. The predicted octanol–water partition coefficient (Wildman–Crippen LogP) is 3.60. The predicted molar refractivity (Wildman–Crippen MR) is 108 cm³/mol. The fraction of sp³-hybridized carbons (Fsp3) is 0.250. The zero-order valence-corrected chi connectivity index (χ0v) is 17.1. The third kappa shape index (κ3) is 5.88. The number of benzene rings is 2. The molecule has 2 aromatic carbocycles. The fourth-order valence-corrected chi connectivity index (χ4v) is 3.01. The number of amides is 1. The van der Waals surface area contributed by atoms with Crippen LogP contribution in [0.4, 0.5) is 13.2 Å². The molecule has 1 heterocycles. The molecular formula is C20H18ClF3N4O3. The average Bonchev–Trinajstić information content (AvgIpc) is 3.01. The summed E-state index contributed by atoms with van der Waals surface area (Å²) in [5.41, 5.74) is 0.621. The average molecular weight is 455 g/mol. The van der Waals surface area contributed by atoms with Gasteiger partial charge in [-0.2, -0.15) is 0 Å². The Morgan fingerprint density at radius 2 is 1.90 bits per heavy atom. The van der Waals surface area contributed by atoms with E-state index in [-0.39, 0.29) is 18.8 Å². The van der Waals surface area contributed by atoms with Crippen LogP contribution in [0.5, 0.6) is 5.75 Å². The second-order valence-corrected chi connectivity index (χ2v) is 6.92. The third-order valence-electron chi connectivity index (χ3n) is 4.26. The molecular weight excluding hydrogens is 437 g/mol. The minimum Gasteiger partial charge on any atom is -0.406 e. The minimum absolute atomic E-state index is 0.0405. The fourth-order valence-electron chi connectivity index (χ4n) is 2.89. The van der Waals surface area contributed by atoms with Crippen molar-refractivity contribution in [3.63, 3.8) is 0 Å². The van der Waals surface area contributed by atoms with Gasteiger partial charge in [-0.3, -0.25) is 9.36 Å². The second-order valence-electron chi connectivity index (χ2n) is 6.49. The van der Waals surface area contributed by atoms with Gasteiger partial charge in [-0.1, -0.05) is 23.7 Å². The van der Waals surface area contributed by atoms with Crippen molar-refractivity contribution in [2.24, 2.45) is 0 Å². The van der Waals surface area contributed by atoms with Gasteiger partial charge >= 0.3 is 12.1 Å². The lowest BCUT2D eigenvalue weighted by molar-refractivity contribution is -0.274. The molecule has 0 aliphatic heterocycles. The molecule has 1 amide bonds. The maximum absolute atomic E-state index is 12.6. The highest BCUT2D eigenvalue weighted by Crippen LogP contribution is 2.23. The highest BCUT2D eigenvalue weighted by Gasteiger charge is 2.31. The smallest absolute Gasteiger partial charge is 0.406 e. The summed E-state index contributed by atoms with van der Waals surface area (Å²) in [5.74, 6) is -0.508. The van der Waals surface area contributed by atoms with Crippen molar-refractivity contribution in [1.82, 2.24) is 19.7 Å². The van der Waals surface area contributed by atoms with Crippen LogP contribution in [0.2, 0.25) is 5.02 Å². The molecule has 0 spiro atoms. The first-order valence-electron chi connectivity index (χ1n) is 9.21. The summed E-state index contributed by atoms with van der Waals surface area (Å²) in [6.45, 7) is 1.75. The summed E-state index contributed by atoms with van der Waals surface area (Å²) in [5, 5.41) is 7.34. The molecule has 0 aliphatic rings. The number of alkyl halides is 3. The number of halogens is 4. The summed E-state index contributed by atoms with van der Waals surface area (Å²) in [6.07, 6.45) is -4.80. The number of aromatic nitrogens is 3. The highest BCUT2D eigenvalue weighted by molar-refractivity contribution is 6.30. The molecule has 3 rings (SSSR count). The van der Waals surface area contributed by atoms with Gasteiger partial charge in [0.05, 0.1) is 0 Å². The van der Waals surface area contributed by atoms with Crippen molar-refractivity contribution >= 4 is 17.5 Å². The molecule has 0 saturated heterocycles. The number of nitrogens with zero attached hydrogens (tertiary/aromatic N) is 3. The van der Waals surface area contributed by atoms with Gasteiger partial charge in [-0.25, -0.2) is 9.48 Å². The molecule has 1 aromatic heterocycles. The molecule has 0 atom stereocenters. The maximum atomic E-state index is 12.6. The van der Waals surface area contributed by atoms with Crippen LogP contribution >= 0.6 is 11.6 Å². The number of carbonyl (C=O) groups excluding carboxylic acids is 1. The molecule has 0 aliphatic carbocycles. The van der Waals surface area contributed by atoms with Crippen LogP contribution in [0.3, 0.4) is 0 Å². The Morgan fingerprint density at radius 3 is 2.55 bits per heavy atom. The van der Waals surface area contributed by atoms with Crippen LogP contribution < -0.4 is 15.7 Å². The first kappa shape index (κ1) is 22.4. The minimum atomic E-state index is -4.80. The molecule has 0 fully saturated rings. The molecule has 0 bridgehead atoms. The number of nitrogens with one attached hydrogen (secondary N) is 1. The van der Waals surface area contributed by atoms with Gasteiger partial charge in [0.25, 0.3) is 0 Å². The van der Waals surface area contributed by atoms with Crippen molar-refractivity contribution in [3.05, 3.63) is 69.6 Å². The van der Waals surface area contributed by atoms with Gasteiger partial charge in [0.15, 0.2) is 5.82 Å². The van der Waals surface area contributed by atoms with Crippen molar-refractivity contribution in [3.8, 4) is 17.1 Å². The van der Waals surface area contributed by atoms with E-state index in [1.165, 1.54) is 16.7 Å². The van der Waals surface area contributed by atoms with E-state index in [0.29, 0.717) is 28.5 Å². The molecule has 1 N–H and O–H groups in total. The Labute approximate surface area is 180 Å². The molecule has 0 unspecified atom stereocenters. The van der Waals surface area contributed by atoms with Crippen molar-refractivity contribution in [2.75, 3.05) is 0 Å². The normalized spacial score (nSPS) is 11.4. The number of rotatable bonds is 7. The lowest BCUT2D eigenvalue weighted by Crippen LogP contribution is -2.33. The highest BCUT2D eigenvalue weighted by atomic mass is 35.5. The molecule has 7 nitrogen and oxygen atoms in total. The summed E-state index contributed by atoms with van der Waals surface area (Å²) < 4.78 is 43.3. The Kier molecular flexibility index (Phi) is 6.69. The van der Waals surface area contributed by atoms with E-state index < -0.39 is 18.0 Å². The maximum Gasteiger partial charge on any atom is 0.573 e. The lowest BCUT2D eigenvalue weighted by Gasteiger charge is -2.10. The van der Waals surface area contributed by atoms with E-state index >= 15 is 0 Å².